The van der Waals surface area contributed by atoms with Crippen LogP contribution in [-0.4, -0.2) is 12.8 Å². The van der Waals surface area contributed by atoms with Gasteiger partial charge in [-0.3, -0.25) is 4.99 Å². The van der Waals surface area contributed by atoms with E-state index in [2.05, 4.69) is 55.2 Å². The molecule has 0 aliphatic heterocycles. The molecule has 0 aliphatic rings. The van der Waals surface area contributed by atoms with Crippen molar-refractivity contribution in [3.05, 3.63) is 59.7 Å². The molecule has 0 fully saturated rings. The second-order valence-electron chi connectivity index (χ2n) is 7.17. The Morgan fingerprint density at radius 2 is 1.37 bits per heavy atom. The first-order valence-electron chi connectivity index (χ1n) is 10.7. The Kier molecular flexibility index (Phi) is 10.3. The highest BCUT2D eigenvalue weighted by Gasteiger charge is 1.96. The largest absolute Gasteiger partial charge is 0.494 e. The second-order valence-corrected chi connectivity index (χ2v) is 7.17. The Labute approximate surface area is 165 Å². The molecule has 0 saturated heterocycles. The van der Waals surface area contributed by atoms with Gasteiger partial charge in [-0.05, 0) is 60.4 Å². The minimum Gasteiger partial charge on any atom is -0.494 e. The topological polar surface area (TPSA) is 21.6 Å². The van der Waals surface area contributed by atoms with Gasteiger partial charge in [-0.2, -0.15) is 0 Å². The average Bonchev–Trinajstić information content (AvgIpc) is 2.72. The third-order valence-electron chi connectivity index (χ3n) is 4.85. The fourth-order valence-electron chi connectivity index (χ4n) is 3.04. The molecule has 0 amide bonds. The van der Waals surface area contributed by atoms with Crippen LogP contribution in [0.25, 0.3) is 0 Å². The maximum absolute atomic E-state index is 5.85. The molecule has 0 spiro atoms. The highest BCUT2D eigenvalue weighted by atomic mass is 16.5. The second kappa shape index (κ2) is 13.1. The van der Waals surface area contributed by atoms with Gasteiger partial charge >= 0.3 is 0 Å². The van der Waals surface area contributed by atoms with Crippen LogP contribution in [0.15, 0.2) is 53.5 Å². The first-order chi connectivity index (χ1) is 13.3. The molecule has 0 N–H and O–H groups in total. The molecule has 0 heterocycles. The van der Waals surface area contributed by atoms with Crippen molar-refractivity contribution in [3.8, 4) is 5.75 Å². The third-order valence-corrected chi connectivity index (χ3v) is 4.85. The molecule has 2 rings (SSSR count). The minimum absolute atomic E-state index is 0.812. The summed E-state index contributed by atoms with van der Waals surface area (Å²) in [6, 6.07) is 16.6. The first kappa shape index (κ1) is 21.2. The minimum atomic E-state index is 0.812. The summed E-state index contributed by atoms with van der Waals surface area (Å²) in [7, 11) is 0. The van der Waals surface area contributed by atoms with E-state index < -0.39 is 0 Å². The Balaban J connectivity index is 1.63. The lowest BCUT2D eigenvalue weighted by atomic mass is 10.1. The van der Waals surface area contributed by atoms with Gasteiger partial charge in [0.25, 0.3) is 0 Å². The standard InChI is InChI=1S/C25H35NO/c1-3-5-6-7-8-9-10-11-20-27-25-18-14-23(15-19-25)21-26-24-16-12-22(4-2)13-17-24/h12-19,21H,3-11,20H2,1-2H3. The van der Waals surface area contributed by atoms with Crippen molar-refractivity contribution in [1.29, 1.82) is 0 Å². The van der Waals surface area contributed by atoms with Gasteiger partial charge in [0.15, 0.2) is 0 Å². The van der Waals surface area contributed by atoms with Crippen molar-refractivity contribution in [2.75, 3.05) is 6.61 Å². The molecular formula is C25H35NO. The van der Waals surface area contributed by atoms with Crippen LogP contribution >= 0.6 is 0 Å². The molecule has 0 radical (unpaired) electrons. The lowest BCUT2D eigenvalue weighted by Crippen LogP contribution is -1.97. The van der Waals surface area contributed by atoms with Crippen LogP contribution in [0.3, 0.4) is 0 Å². The molecule has 0 aromatic heterocycles. The van der Waals surface area contributed by atoms with E-state index in [4.69, 9.17) is 4.74 Å². The number of aliphatic imine (C=N–C) groups is 1. The predicted molar refractivity (Wildman–Crippen MR) is 118 cm³/mol. The van der Waals surface area contributed by atoms with Crippen LogP contribution in [0.1, 0.15) is 76.3 Å². The summed E-state index contributed by atoms with van der Waals surface area (Å²) >= 11 is 0. The summed E-state index contributed by atoms with van der Waals surface area (Å²) in [5, 5.41) is 0. The molecule has 2 heteroatoms. The van der Waals surface area contributed by atoms with E-state index in [0.29, 0.717) is 0 Å². The summed E-state index contributed by atoms with van der Waals surface area (Å²) in [5.74, 6) is 0.947. The maximum Gasteiger partial charge on any atom is 0.119 e. The van der Waals surface area contributed by atoms with Crippen LogP contribution in [0, 0.1) is 0 Å². The van der Waals surface area contributed by atoms with Gasteiger partial charge in [-0.15, -0.1) is 0 Å². The summed E-state index contributed by atoms with van der Waals surface area (Å²) in [6.45, 7) is 5.24. The molecule has 27 heavy (non-hydrogen) atoms. The van der Waals surface area contributed by atoms with Gasteiger partial charge in [-0.1, -0.05) is 70.9 Å². The highest BCUT2D eigenvalue weighted by molar-refractivity contribution is 5.82. The molecule has 0 atom stereocenters. The summed E-state index contributed by atoms with van der Waals surface area (Å²) in [4.78, 5) is 4.54. The van der Waals surface area contributed by atoms with Crippen molar-refractivity contribution in [2.45, 2.75) is 71.6 Å². The molecule has 0 bridgehead atoms. The molecule has 0 unspecified atom stereocenters. The van der Waals surface area contributed by atoms with Gasteiger partial charge in [0.1, 0.15) is 5.75 Å². The van der Waals surface area contributed by atoms with Crippen LogP contribution in [0.2, 0.25) is 0 Å². The first-order valence-corrected chi connectivity index (χ1v) is 10.7. The fourth-order valence-corrected chi connectivity index (χ4v) is 3.04. The smallest absolute Gasteiger partial charge is 0.119 e. The van der Waals surface area contributed by atoms with Crippen molar-refractivity contribution in [3.63, 3.8) is 0 Å². The zero-order chi connectivity index (χ0) is 19.2. The van der Waals surface area contributed by atoms with Gasteiger partial charge in [-0.25, -0.2) is 0 Å². The van der Waals surface area contributed by atoms with E-state index in [1.165, 1.54) is 50.5 Å². The van der Waals surface area contributed by atoms with Crippen molar-refractivity contribution in [1.82, 2.24) is 0 Å². The van der Waals surface area contributed by atoms with Gasteiger partial charge in [0.05, 0.1) is 12.3 Å². The summed E-state index contributed by atoms with van der Waals surface area (Å²) < 4.78 is 5.85. The molecule has 2 aromatic carbocycles. The SMILES string of the molecule is CCCCCCCCCCOc1ccc(C=Nc2ccc(CC)cc2)cc1. The Bertz CT molecular complexity index is 643. The summed E-state index contributed by atoms with van der Waals surface area (Å²) in [5.41, 5.74) is 3.42. The van der Waals surface area contributed by atoms with Crippen LogP contribution < -0.4 is 4.74 Å². The normalized spacial score (nSPS) is 11.2. The Morgan fingerprint density at radius 3 is 2.00 bits per heavy atom. The number of hydrogen-bond acceptors (Lipinski definition) is 2. The Hall–Kier alpha value is -2.09. The average molecular weight is 366 g/mol. The molecule has 146 valence electrons. The van der Waals surface area contributed by atoms with E-state index in [9.17, 15) is 0 Å². The lowest BCUT2D eigenvalue weighted by molar-refractivity contribution is 0.304. The quantitative estimate of drug-likeness (QED) is 0.266. The van der Waals surface area contributed by atoms with Crippen molar-refractivity contribution < 1.29 is 4.74 Å². The maximum atomic E-state index is 5.85. The number of ether oxygens (including phenoxy) is 1. The van der Waals surface area contributed by atoms with E-state index in [-0.39, 0.29) is 0 Å². The predicted octanol–water partition coefficient (Wildman–Crippen LogP) is 7.52. The lowest BCUT2D eigenvalue weighted by Gasteiger charge is -2.06. The summed E-state index contributed by atoms with van der Waals surface area (Å²) in [6.07, 6.45) is 13.6. The van der Waals surface area contributed by atoms with Crippen LogP contribution in [0.5, 0.6) is 5.75 Å². The van der Waals surface area contributed by atoms with Crippen LogP contribution in [-0.2, 0) is 6.42 Å². The number of benzene rings is 2. The van der Waals surface area contributed by atoms with Crippen molar-refractivity contribution in [2.24, 2.45) is 4.99 Å². The van der Waals surface area contributed by atoms with E-state index in [0.717, 1.165) is 36.4 Å². The van der Waals surface area contributed by atoms with Crippen molar-refractivity contribution >= 4 is 11.9 Å². The van der Waals surface area contributed by atoms with E-state index >= 15 is 0 Å². The monoisotopic (exact) mass is 365 g/mol. The van der Waals surface area contributed by atoms with Gasteiger partial charge in [0.2, 0.25) is 0 Å². The molecule has 0 saturated carbocycles. The Morgan fingerprint density at radius 1 is 0.741 bits per heavy atom. The van der Waals surface area contributed by atoms with Gasteiger partial charge in [0, 0.05) is 6.21 Å². The number of aryl methyl sites for hydroxylation is 1. The highest BCUT2D eigenvalue weighted by Crippen LogP contribution is 2.16. The zero-order valence-corrected chi connectivity index (χ0v) is 17.1. The fraction of sp³-hybridized carbons (Fsp3) is 0.480. The number of unbranched alkanes of at least 4 members (excludes halogenated alkanes) is 7. The number of nitrogens with zero attached hydrogens (tertiary/aromatic N) is 1. The van der Waals surface area contributed by atoms with Gasteiger partial charge < -0.3 is 4.74 Å². The molecule has 0 aliphatic carbocycles. The number of rotatable bonds is 13. The third kappa shape index (κ3) is 8.90. The zero-order valence-electron chi connectivity index (χ0n) is 17.1. The molecular weight excluding hydrogens is 330 g/mol. The van der Waals surface area contributed by atoms with E-state index in [1.54, 1.807) is 0 Å². The van der Waals surface area contributed by atoms with E-state index in [1.807, 2.05) is 18.3 Å². The number of hydrogen-bond donors (Lipinski definition) is 0. The molecule has 2 aromatic rings. The van der Waals surface area contributed by atoms with Crippen LogP contribution in [0.4, 0.5) is 5.69 Å². The molecule has 2 nitrogen and oxygen atoms in total.